The van der Waals surface area contributed by atoms with E-state index in [1.807, 2.05) is 79.0 Å². The largest absolute Gasteiger partial charge is 0.486 e. The molecule has 0 saturated carbocycles. The van der Waals surface area contributed by atoms with Crippen molar-refractivity contribution in [2.75, 3.05) is 23.4 Å². The van der Waals surface area contributed by atoms with E-state index in [9.17, 15) is 4.79 Å². The molecule has 1 unspecified atom stereocenters. The van der Waals surface area contributed by atoms with E-state index in [1.54, 1.807) is 15.8 Å². The van der Waals surface area contributed by atoms with Crippen LogP contribution in [0.15, 0.2) is 85.2 Å². The predicted molar refractivity (Wildman–Crippen MR) is 121 cm³/mol. The van der Waals surface area contributed by atoms with E-state index in [0.29, 0.717) is 30.3 Å². The van der Waals surface area contributed by atoms with Gasteiger partial charge in [-0.15, -0.1) is 0 Å². The van der Waals surface area contributed by atoms with Crippen LogP contribution in [0.5, 0.6) is 11.5 Å². The summed E-state index contributed by atoms with van der Waals surface area (Å²) in [6.07, 6.45) is 3.26. The van der Waals surface area contributed by atoms with Crippen LogP contribution in [0.3, 0.4) is 0 Å². The molecule has 3 aromatic carbocycles. The molecule has 1 amide bonds. The molecule has 1 atom stereocenters. The SMILES string of the molecule is O=C1c2ccccc2NC(c2ccc(-n3cccn3)cc2)N1c1ccc2c(c1)OCCO2. The predicted octanol–water partition coefficient (Wildman–Crippen LogP) is 4.41. The number of para-hydroxylation sites is 1. The van der Waals surface area contributed by atoms with Gasteiger partial charge in [-0.25, -0.2) is 4.68 Å². The Morgan fingerprint density at radius 2 is 1.66 bits per heavy atom. The lowest BCUT2D eigenvalue weighted by Gasteiger charge is -2.38. The molecule has 7 heteroatoms. The van der Waals surface area contributed by atoms with Gasteiger partial charge in [0.25, 0.3) is 5.91 Å². The van der Waals surface area contributed by atoms with E-state index in [-0.39, 0.29) is 12.1 Å². The molecule has 4 aromatic rings. The number of fused-ring (bicyclic) bond motifs is 2. The minimum atomic E-state index is -0.383. The smallest absolute Gasteiger partial charge is 0.262 e. The number of nitrogens with one attached hydrogen (secondary N) is 1. The summed E-state index contributed by atoms with van der Waals surface area (Å²) >= 11 is 0. The highest BCUT2D eigenvalue weighted by molar-refractivity contribution is 6.12. The van der Waals surface area contributed by atoms with Gasteiger partial charge in [-0.3, -0.25) is 9.69 Å². The Bertz CT molecular complexity index is 1290. The van der Waals surface area contributed by atoms with Crippen molar-refractivity contribution >= 4 is 17.3 Å². The van der Waals surface area contributed by atoms with Crippen LogP contribution in [0.4, 0.5) is 11.4 Å². The van der Waals surface area contributed by atoms with Gasteiger partial charge in [-0.1, -0.05) is 24.3 Å². The van der Waals surface area contributed by atoms with Gasteiger partial charge >= 0.3 is 0 Å². The maximum atomic E-state index is 13.6. The van der Waals surface area contributed by atoms with Gasteiger partial charge in [0.05, 0.1) is 16.9 Å². The number of carbonyl (C=O) groups is 1. The molecule has 0 saturated heterocycles. The number of nitrogens with zero attached hydrogens (tertiary/aromatic N) is 3. The molecule has 0 bridgehead atoms. The quantitative estimate of drug-likeness (QED) is 0.528. The maximum absolute atomic E-state index is 13.6. The van der Waals surface area contributed by atoms with Gasteiger partial charge in [-0.05, 0) is 48.0 Å². The number of ether oxygens (including phenoxy) is 2. The van der Waals surface area contributed by atoms with E-state index in [1.165, 1.54) is 0 Å². The van der Waals surface area contributed by atoms with Crippen molar-refractivity contribution in [3.63, 3.8) is 0 Å². The highest BCUT2D eigenvalue weighted by atomic mass is 16.6. The van der Waals surface area contributed by atoms with Crippen LogP contribution in [0.25, 0.3) is 5.69 Å². The number of anilines is 2. The lowest BCUT2D eigenvalue weighted by atomic mass is 10.0. The van der Waals surface area contributed by atoms with Crippen molar-refractivity contribution in [3.05, 3.63) is 96.3 Å². The molecule has 2 aliphatic rings. The third kappa shape index (κ3) is 3.06. The van der Waals surface area contributed by atoms with E-state index >= 15 is 0 Å². The number of rotatable bonds is 3. The molecular formula is C25H20N4O3. The second-order valence-electron chi connectivity index (χ2n) is 7.64. The van der Waals surface area contributed by atoms with Crippen LogP contribution in [-0.2, 0) is 0 Å². The van der Waals surface area contributed by atoms with Gasteiger partial charge < -0.3 is 14.8 Å². The van der Waals surface area contributed by atoms with Crippen molar-refractivity contribution in [2.45, 2.75) is 6.17 Å². The first-order chi connectivity index (χ1) is 15.8. The molecular weight excluding hydrogens is 404 g/mol. The molecule has 3 heterocycles. The molecule has 0 radical (unpaired) electrons. The monoisotopic (exact) mass is 424 g/mol. The van der Waals surface area contributed by atoms with Crippen LogP contribution < -0.4 is 19.7 Å². The molecule has 6 rings (SSSR count). The number of amides is 1. The summed E-state index contributed by atoms with van der Waals surface area (Å²) in [4.78, 5) is 15.4. The number of carbonyl (C=O) groups excluding carboxylic acids is 1. The Kier molecular flexibility index (Phi) is 4.31. The molecule has 0 aliphatic carbocycles. The zero-order valence-electron chi connectivity index (χ0n) is 17.1. The summed E-state index contributed by atoms with van der Waals surface area (Å²) in [6.45, 7) is 1.01. The van der Waals surface area contributed by atoms with Crippen molar-refractivity contribution in [1.29, 1.82) is 0 Å². The maximum Gasteiger partial charge on any atom is 0.262 e. The first-order valence-corrected chi connectivity index (χ1v) is 10.5. The average Bonchev–Trinajstić information content (AvgIpc) is 3.39. The summed E-state index contributed by atoms with van der Waals surface area (Å²) in [6, 6.07) is 23.1. The second-order valence-corrected chi connectivity index (χ2v) is 7.64. The molecule has 158 valence electrons. The third-order valence-electron chi connectivity index (χ3n) is 5.71. The van der Waals surface area contributed by atoms with Crippen molar-refractivity contribution < 1.29 is 14.3 Å². The zero-order valence-corrected chi connectivity index (χ0v) is 17.1. The average molecular weight is 424 g/mol. The Hall–Kier alpha value is -4.26. The summed E-state index contributed by atoms with van der Waals surface area (Å²) in [7, 11) is 0. The van der Waals surface area contributed by atoms with Crippen LogP contribution in [0, 0.1) is 0 Å². The summed E-state index contributed by atoms with van der Waals surface area (Å²) < 4.78 is 13.2. The molecule has 32 heavy (non-hydrogen) atoms. The lowest BCUT2D eigenvalue weighted by molar-refractivity contribution is 0.0974. The first kappa shape index (κ1) is 18.5. The van der Waals surface area contributed by atoms with Gasteiger partial charge in [-0.2, -0.15) is 5.10 Å². The van der Waals surface area contributed by atoms with Crippen molar-refractivity contribution in [3.8, 4) is 17.2 Å². The molecule has 2 aliphatic heterocycles. The van der Waals surface area contributed by atoms with Gasteiger partial charge in [0.1, 0.15) is 19.4 Å². The van der Waals surface area contributed by atoms with E-state index < -0.39 is 0 Å². The minimum Gasteiger partial charge on any atom is -0.486 e. The molecule has 1 aromatic heterocycles. The topological polar surface area (TPSA) is 68.6 Å². The highest BCUT2D eigenvalue weighted by Gasteiger charge is 2.34. The number of benzene rings is 3. The third-order valence-corrected chi connectivity index (χ3v) is 5.71. The van der Waals surface area contributed by atoms with Crippen LogP contribution >= 0.6 is 0 Å². The van der Waals surface area contributed by atoms with Crippen molar-refractivity contribution in [1.82, 2.24) is 9.78 Å². The van der Waals surface area contributed by atoms with Gasteiger partial charge in [0.15, 0.2) is 11.5 Å². The van der Waals surface area contributed by atoms with Gasteiger partial charge in [0, 0.05) is 24.1 Å². The first-order valence-electron chi connectivity index (χ1n) is 10.5. The summed E-state index contributed by atoms with van der Waals surface area (Å²) in [5, 5.41) is 7.82. The summed E-state index contributed by atoms with van der Waals surface area (Å²) in [5.74, 6) is 1.27. The Labute approximate surface area is 184 Å². The zero-order chi connectivity index (χ0) is 21.5. The number of aromatic nitrogens is 2. The van der Waals surface area contributed by atoms with E-state index in [2.05, 4.69) is 10.4 Å². The minimum absolute atomic E-state index is 0.0721. The molecule has 7 nitrogen and oxygen atoms in total. The Balaban J connectivity index is 1.43. The second kappa shape index (κ2) is 7.46. The number of hydrogen-bond donors (Lipinski definition) is 1. The van der Waals surface area contributed by atoms with Crippen LogP contribution in [0.1, 0.15) is 22.1 Å². The Morgan fingerprint density at radius 1 is 0.875 bits per heavy atom. The van der Waals surface area contributed by atoms with E-state index in [4.69, 9.17) is 9.47 Å². The fourth-order valence-electron chi connectivity index (χ4n) is 4.17. The van der Waals surface area contributed by atoms with Crippen molar-refractivity contribution in [2.24, 2.45) is 0 Å². The summed E-state index contributed by atoms with van der Waals surface area (Å²) in [5.41, 5.74) is 4.09. The van der Waals surface area contributed by atoms with E-state index in [0.717, 1.165) is 22.6 Å². The number of hydrogen-bond acceptors (Lipinski definition) is 5. The Morgan fingerprint density at radius 3 is 2.47 bits per heavy atom. The van der Waals surface area contributed by atoms with Crippen LogP contribution in [0.2, 0.25) is 0 Å². The standard InChI is InChI=1S/C25H20N4O3/c30-25-20-4-1-2-5-21(20)27-24(17-6-8-18(9-7-17)28-13-3-12-26-28)29(25)19-10-11-22-23(16-19)32-15-14-31-22/h1-13,16,24,27H,14-15H2. The fraction of sp³-hybridized carbons (Fsp3) is 0.120. The normalized spacial score (nSPS) is 16.9. The van der Waals surface area contributed by atoms with Crippen LogP contribution in [-0.4, -0.2) is 28.9 Å². The van der Waals surface area contributed by atoms with Gasteiger partial charge in [0.2, 0.25) is 0 Å². The molecule has 0 fully saturated rings. The molecule has 1 N–H and O–H groups in total. The lowest BCUT2D eigenvalue weighted by Crippen LogP contribution is -2.43. The highest BCUT2D eigenvalue weighted by Crippen LogP contribution is 2.40. The molecule has 0 spiro atoms. The fourth-order valence-corrected chi connectivity index (χ4v) is 4.17.